The molecule has 2 atom stereocenters. The molecule has 2 aliphatic rings. The Balaban J connectivity index is 0.000000206. The Morgan fingerprint density at radius 1 is 0.600 bits per heavy atom. The molecule has 2 N–H and O–H groups in total. The van der Waals surface area contributed by atoms with E-state index in [1.54, 1.807) is 70.6 Å². The lowest BCUT2D eigenvalue weighted by Crippen LogP contribution is -2.40. The Labute approximate surface area is 410 Å². The molecule has 0 unspecified atom stereocenters. The zero-order valence-electron chi connectivity index (χ0n) is 40.8. The van der Waals surface area contributed by atoms with E-state index in [1.807, 2.05) is 13.8 Å². The van der Waals surface area contributed by atoms with Gasteiger partial charge in [-0.1, -0.05) is 39.3 Å². The maximum Gasteiger partial charge on any atom is 0.241 e. The largest absolute Gasteiger partial charge is 0.475 e. The van der Waals surface area contributed by atoms with Gasteiger partial charge in [-0.25, -0.2) is 55.3 Å². The number of fused-ring (bicyclic) bond motifs is 6. The van der Waals surface area contributed by atoms with Crippen molar-refractivity contribution in [3.63, 3.8) is 0 Å². The molecule has 6 aromatic heterocycles. The lowest BCUT2D eigenvalue weighted by molar-refractivity contribution is 0.169. The van der Waals surface area contributed by atoms with Crippen LogP contribution >= 0.6 is 0 Å². The summed E-state index contributed by atoms with van der Waals surface area (Å²) >= 11 is 0. The highest BCUT2D eigenvalue weighted by molar-refractivity contribution is 7.93. The minimum absolute atomic E-state index is 0.109. The summed E-state index contributed by atoms with van der Waals surface area (Å²) in [4.78, 5) is 25.5. The zero-order chi connectivity index (χ0) is 50.4. The van der Waals surface area contributed by atoms with Gasteiger partial charge in [0, 0.05) is 79.3 Å². The van der Waals surface area contributed by atoms with Gasteiger partial charge in [0.1, 0.15) is 24.9 Å². The van der Waals surface area contributed by atoms with Gasteiger partial charge < -0.3 is 19.7 Å². The Hall–Kier alpha value is -5.81. The summed E-state index contributed by atoms with van der Waals surface area (Å²) in [6, 6.07) is 7.40. The van der Waals surface area contributed by atoms with E-state index >= 15 is 0 Å². The van der Waals surface area contributed by atoms with Crippen molar-refractivity contribution < 1.29 is 36.5 Å². The highest BCUT2D eigenvalue weighted by Crippen LogP contribution is 2.38. The number of ether oxygens (including phenoxy) is 2. The molecular formula is C44H62N14O8S2Si2. The maximum atomic E-state index is 13.7. The molecule has 6 aromatic rings. The van der Waals surface area contributed by atoms with E-state index in [4.69, 9.17) is 9.47 Å². The fraction of sp³-hybridized carbons (Fsp3) is 0.500. The van der Waals surface area contributed by atoms with E-state index in [1.165, 1.54) is 8.61 Å². The van der Waals surface area contributed by atoms with Crippen molar-refractivity contribution in [1.82, 2.24) is 59.4 Å². The van der Waals surface area contributed by atoms with Crippen LogP contribution in [0.4, 0.5) is 11.9 Å². The van der Waals surface area contributed by atoms with E-state index in [-0.39, 0.29) is 75.8 Å². The number of aromatic nitrogens is 12. The Bertz CT molecular complexity index is 2750. The van der Waals surface area contributed by atoms with Crippen molar-refractivity contribution in [2.45, 2.75) is 90.1 Å². The lowest BCUT2D eigenvalue weighted by atomic mass is 10.2. The van der Waals surface area contributed by atoms with E-state index in [9.17, 15) is 27.0 Å². The molecule has 0 bridgehead atoms. The monoisotopic (exact) mass is 1030 g/mol. The third kappa shape index (κ3) is 12.6. The summed E-state index contributed by atoms with van der Waals surface area (Å²) in [5, 5.41) is 37.6. The van der Waals surface area contributed by atoms with E-state index < -0.39 is 48.3 Å². The van der Waals surface area contributed by atoms with Gasteiger partial charge >= 0.3 is 0 Å². The van der Waals surface area contributed by atoms with Crippen LogP contribution in [0.5, 0.6) is 11.8 Å². The number of pyridine rings is 2. The molecule has 2 aliphatic heterocycles. The quantitative estimate of drug-likeness (QED) is 0.114. The Morgan fingerprint density at radius 3 is 1.31 bits per heavy atom. The van der Waals surface area contributed by atoms with Crippen molar-refractivity contribution in [2.24, 2.45) is 0 Å². The van der Waals surface area contributed by atoms with Crippen molar-refractivity contribution in [1.29, 1.82) is 0 Å². The van der Waals surface area contributed by atoms with Crippen molar-refractivity contribution in [3.05, 3.63) is 84.2 Å². The number of aliphatic hydroxyl groups excluding tert-OH is 2. The molecule has 0 spiro atoms. The molecule has 0 fully saturated rings. The molecule has 8 heterocycles. The summed E-state index contributed by atoms with van der Waals surface area (Å²) in [5.74, 6) is 2.48. The molecule has 0 saturated heterocycles. The van der Waals surface area contributed by atoms with Crippen LogP contribution in [-0.4, -0.2) is 154 Å². The molecule has 0 aromatic carbocycles. The van der Waals surface area contributed by atoms with Crippen LogP contribution in [0.3, 0.4) is 0 Å². The van der Waals surface area contributed by atoms with Crippen molar-refractivity contribution >= 4 is 48.1 Å². The molecule has 376 valence electrons. The third-order valence-corrected chi connectivity index (χ3v) is 18.4. The molecule has 70 heavy (non-hydrogen) atoms. The second kappa shape index (κ2) is 21.7. The third-order valence-electron chi connectivity index (χ3n) is 11.4. The van der Waals surface area contributed by atoms with Gasteiger partial charge in [-0.15, -0.1) is 20.4 Å². The molecular weight excluding hydrogens is 973 g/mol. The SMILES string of the molecule is Cc1cnc(CCS(=O)(=O)N(CC[Si](C)(C)C)c2nnc3n2[C@@H](CO)COc2ncccc2-3)nc1.Cc1cnc(CCS(=O)(=O)N(CC[Si](C)(C)C)c2nnc3n2[C@H](CO)COc2ncccc2-3)nc1. The Kier molecular flexibility index (Phi) is 16.1. The fourth-order valence-electron chi connectivity index (χ4n) is 7.42. The summed E-state index contributed by atoms with van der Waals surface area (Å²) < 4.78 is 72.4. The van der Waals surface area contributed by atoms with Crippen LogP contribution in [0, 0.1) is 13.8 Å². The topological polar surface area (TPSA) is 272 Å². The van der Waals surface area contributed by atoms with Crippen LogP contribution in [0.15, 0.2) is 61.4 Å². The number of sulfonamides is 2. The number of anilines is 2. The number of aliphatic hydroxyl groups is 2. The molecule has 0 saturated carbocycles. The van der Waals surface area contributed by atoms with Gasteiger partial charge in [0.25, 0.3) is 0 Å². The van der Waals surface area contributed by atoms with Gasteiger partial charge in [0.15, 0.2) is 11.6 Å². The molecule has 26 heteroatoms. The predicted molar refractivity (Wildman–Crippen MR) is 269 cm³/mol. The van der Waals surface area contributed by atoms with Gasteiger partial charge in [-0.05, 0) is 61.3 Å². The summed E-state index contributed by atoms with van der Waals surface area (Å²) in [6.45, 7) is 17.1. The summed E-state index contributed by atoms with van der Waals surface area (Å²) in [5.41, 5.74) is 3.01. The maximum absolute atomic E-state index is 13.7. The van der Waals surface area contributed by atoms with Crippen molar-refractivity contribution in [3.8, 4) is 34.5 Å². The minimum atomic E-state index is -3.82. The van der Waals surface area contributed by atoms with E-state index in [0.29, 0.717) is 46.2 Å². The first-order chi connectivity index (χ1) is 33.2. The lowest BCUT2D eigenvalue weighted by Gasteiger charge is -2.28. The van der Waals surface area contributed by atoms with Crippen LogP contribution < -0.4 is 18.1 Å². The van der Waals surface area contributed by atoms with Crippen LogP contribution in [0.2, 0.25) is 51.4 Å². The van der Waals surface area contributed by atoms with Gasteiger partial charge in [0.2, 0.25) is 43.7 Å². The molecule has 22 nitrogen and oxygen atoms in total. The first-order valence-electron chi connectivity index (χ1n) is 23.0. The summed E-state index contributed by atoms with van der Waals surface area (Å²) in [6.07, 6.45) is 10.3. The average Bonchev–Trinajstić information content (AvgIpc) is 3.85. The number of hydrogen-bond donors (Lipinski definition) is 2. The first kappa shape index (κ1) is 52.0. The van der Waals surface area contributed by atoms with Crippen molar-refractivity contribution in [2.75, 3.05) is 59.6 Å². The second-order valence-corrected chi connectivity index (χ2v) is 34.9. The first-order valence-corrected chi connectivity index (χ1v) is 33.6. The van der Waals surface area contributed by atoms with E-state index in [2.05, 4.69) is 89.6 Å². The number of hydrogen-bond acceptors (Lipinski definition) is 18. The van der Waals surface area contributed by atoms with Gasteiger partial charge in [-0.3, -0.25) is 9.13 Å². The Morgan fingerprint density at radius 2 is 0.971 bits per heavy atom. The normalized spacial score (nSPS) is 15.6. The van der Waals surface area contributed by atoms with E-state index in [0.717, 1.165) is 23.2 Å². The number of rotatable bonds is 18. The van der Waals surface area contributed by atoms with Crippen LogP contribution in [0.25, 0.3) is 22.8 Å². The zero-order valence-corrected chi connectivity index (χ0v) is 44.5. The van der Waals surface area contributed by atoms with Crippen LogP contribution in [0.1, 0.15) is 34.9 Å². The standard InChI is InChI=1S/2C22H31N7O4SSi/c2*1-16-12-24-19(25-13-16)7-10-34(31,32)28(9-11-35(2,3)4)22-27-26-20-18-6-5-8-23-21(18)33-15-17(14-30)29(20)22/h2*5-6,8,12-13,17,30H,7,9-11,14-15H2,1-4H3/t2*17-/m10/s1. The highest BCUT2D eigenvalue weighted by atomic mass is 32.2. The van der Waals surface area contributed by atoms with Gasteiger partial charge in [-0.2, -0.15) is 0 Å². The number of aryl methyl sites for hydroxylation is 4. The predicted octanol–water partition coefficient (Wildman–Crippen LogP) is 4.16. The summed E-state index contributed by atoms with van der Waals surface area (Å²) in [7, 11) is -10.8. The minimum Gasteiger partial charge on any atom is -0.475 e. The fourth-order valence-corrected chi connectivity index (χ4v) is 12.3. The average molecular weight is 1040 g/mol. The second-order valence-electron chi connectivity index (χ2n) is 19.6. The van der Waals surface area contributed by atoms with Gasteiger partial charge in [0.05, 0.1) is 47.9 Å². The molecule has 0 aliphatic carbocycles. The molecule has 8 rings (SSSR count). The highest BCUT2D eigenvalue weighted by Gasteiger charge is 2.37. The molecule has 0 radical (unpaired) electrons. The number of nitrogens with zero attached hydrogens (tertiary/aromatic N) is 14. The van der Waals surface area contributed by atoms with Crippen LogP contribution in [-0.2, 0) is 32.9 Å². The molecule has 0 amide bonds. The smallest absolute Gasteiger partial charge is 0.241 e.